The van der Waals surface area contributed by atoms with E-state index in [4.69, 9.17) is 14.7 Å². The van der Waals surface area contributed by atoms with Crippen molar-refractivity contribution < 1.29 is 9.57 Å². The third-order valence-electron chi connectivity index (χ3n) is 4.77. The fraction of sp³-hybridized carbons (Fsp3) is 0.458. The summed E-state index contributed by atoms with van der Waals surface area (Å²) in [5.74, 6) is 0. The second kappa shape index (κ2) is 11.6. The maximum Gasteiger partial charge on any atom is 0.183 e. The molecule has 7 nitrogen and oxygen atoms in total. The Morgan fingerprint density at radius 2 is 1.97 bits per heavy atom. The third kappa shape index (κ3) is 8.10. The summed E-state index contributed by atoms with van der Waals surface area (Å²) in [6.45, 7) is 14.7. The van der Waals surface area contributed by atoms with Gasteiger partial charge in [0.05, 0.1) is 5.69 Å². The van der Waals surface area contributed by atoms with E-state index in [0.29, 0.717) is 25.1 Å². The first-order chi connectivity index (χ1) is 15.7. The highest BCUT2D eigenvalue weighted by molar-refractivity contribution is 7.13. The van der Waals surface area contributed by atoms with Gasteiger partial charge < -0.3 is 14.9 Å². The molecule has 1 aromatic carbocycles. The fourth-order valence-electron chi connectivity index (χ4n) is 3.04. The molecule has 2 heterocycles. The smallest absolute Gasteiger partial charge is 0.183 e. The number of hydrogen-bond acceptors (Lipinski definition) is 7. The normalized spacial score (nSPS) is 12.4. The zero-order valence-electron chi connectivity index (χ0n) is 20.5. The number of benzene rings is 1. The van der Waals surface area contributed by atoms with Crippen LogP contribution in [0.3, 0.4) is 0 Å². The van der Waals surface area contributed by atoms with Crippen molar-refractivity contribution in [3.63, 3.8) is 0 Å². The van der Waals surface area contributed by atoms with Crippen LogP contribution in [0.5, 0.6) is 0 Å². The average molecular weight is 486 g/mol. The molecule has 0 radical (unpaired) electrons. The molecule has 2 aromatic heterocycles. The molecule has 3 aromatic rings. The van der Waals surface area contributed by atoms with Crippen LogP contribution in [0.2, 0.25) is 25.7 Å². The Morgan fingerprint density at radius 3 is 2.67 bits per heavy atom. The molecule has 0 saturated heterocycles. The van der Waals surface area contributed by atoms with E-state index < -0.39 is 8.07 Å². The average Bonchev–Trinajstić information content (AvgIpc) is 3.34. The number of oxime groups is 1. The quantitative estimate of drug-likeness (QED) is 0.153. The highest BCUT2D eigenvalue weighted by Crippen LogP contribution is 2.18. The lowest BCUT2D eigenvalue weighted by Crippen LogP contribution is -2.22. The van der Waals surface area contributed by atoms with E-state index in [-0.39, 0.29) is 0 Å². The van der Waals surface area contributed by atoms with Crippen molar-refractivity contribution in [2.45, 2.75) is 65.8 Å². The minimum atomic E-state index is -1.11. The largest absolute Gasteiger partial charge is 0.389 e. The van der Waals surface area contributed by atoms with Crippen LogP contribution < -0.4 is 5.32 Å². The second-order valence-corrected chi connectivity index (χ2v) is 16.1. The minimum Gasteiger partial charge on any atom is -0.389 e. The number of anilines is 1. The number of aryl methyl sites for hydroxylation is 1. The minimum absolute atomic E-state index is 0.298. The van der Waals surface area contributed by atoms with Gasteiger partial charge in [-0.3, -0.25) is 0 Å². The van der Waals surface area contributed by atoms with E-state index in [1.807, 2.05) is 53.5 Å². The maximum absolute atomic E-state index is 5.87. The van der Waals surface area contributed by atoms with Crippen LogP contribution in [0, 0.1) is 6.92 Å². The molecule has 3 rings (SSSR count). The van der Waals surface area contributed by atoms with E-state index in [2.05, 4.69) is 48.9 Å². The van der Waals surface area contributed by atoms with Crippen molar-refractivity contribution in [1.29, 1.82) is 0 Å². The molecule has 0 spiro atoms. The molecule has 0 aliphatic carbocycles. The lowest BCUT2D eigenvalue weighted by atomic mass is 10.1. The molecule has 1 N–H and O–H groups in total. The molecule has 33 heavy (non-hydrogen) atoms. The van der Waals surface area contributed by atoms with Crippen LogP contribution >= 0.6 is 11.3 Å². The molecule has 0 amide bonds. The second-order valence-electron chi connectivity index (χ2n) is 9.57. The summed E-state index contributed by atoms with van der Waals surface area (Å²) in [4.78, 5) is 10.3. The van der Waals surface area contributed by atoms with E-state index in [1.165, 1.54) is 0 Å². The molecule has 0 saturated carbocycles. The molecule has 0 unspecified atom stereocenters. The fourth-order valence-corrected chi connectivity index (χ4v) is 4.63. The number of thiazole rings is 1. The first-order valence-electron chi connectivity index (χ1n) is 11.3. The predicted octanol–water partition coefficient (Wildman–Crippen LogP) is 5.75. The first kappa shape index (κ1) is 25.1. The summed E-state index contributed by atoms with van der Waals surface area (Å²) < 4.78 is 7.70. The van der Waals surface area contributed by atoms with E-state index >= 15 is 0 Å². The Labute approximate surface area is 201 Å². The van der Waals surface area contributed by atoms with Gasteiger partial charge in [0, 0.05) is 37.9 Å². The third-order valence-corrected chi connectivity index (χ3v) is 7.29. The molecule has 0 atom stereocenters. The molecule has 0 fully saturated rings. The number of rotatable bonds is 12. The van der Waals surface area contributed by atoms with Gasteiger partial charge >= 0.3 is 0 Å². The molecule has 0 aliphatic heterocycles. The van der Waals surface area contributed by atoms with E-state index in [9.17, 15) is 0 Å². The van der Waals surface area contributed by atoms with Gasteiger partial charge in [-0.2, -0.15) is 5.10 Å². The summed E-state index contributed by atoms with van der Waals surface area (Å²) in [7, 11) is -1.11. The summed E-state index contributed by atoms with van der Waals surface area (Å²) in [5.41, 5.74) is 4.30. The Kier molecular flexibility index (Phi) is 8.82. The van der Waals surface area contributed by atoms with Crippen molar-refractivity contribution in [1.82, 2.24) is 14.8 Å². The van der Waals surface area contributed by atoms with E-state index in [1.54, 1.807) is 11.3 Å². The van der Waals surface area contributed by atoms with Crippen molar-refractivity contribution in [2.24, 2.45) is 5.16 Å². The number of aromatic nitrogens is 3. The number of nitrogens with zero attached hydrogens (tertiary/aromatic N) is 4. The van der Waals surface area contributed by atoms with Crippen molar-refractivity contribution in [3.8, 4) is 0 Å². The Morgan fingerprint density at radius 1 is 1.21 bits per heavy atom. The van der Waals surface area contributed by atoms with Gasteiger partial charge in [0.15, 0.2) is 11.7 Å². The van der Waals surface area contributed by atoms with Gasteiger partial charge in [0.1, 0.15) is 18.1 Å². The zero-order valence-corrected chi connectivity index (χ0v) is 22.3. The van der Waals surface area contributed by atoms with Gasteiger partial charge in [-0.25, -0.2) is 9.67 Å². The Balaban J connectivity index is 1.72. The highest BCUT2D eigenvalue weighted by Gasteiger charge is 2.16. The highest BCUT2D eigenvalue weighted by atomic mass is 32.1. The van der Waals surface area contributed by atoms with Crippen LogP contribution in [-0.2, 0) is 22.9 Å². The van der Waals surface area contributed by atoms with Crippen LogP contribution in [0.1, 0.15) is 36.4 Å². The molecular weight excluding hydrogens is 450 g/mol. The molecule has 0 bridgehead atoms. The summed E-state index contributed by atoms with van der Waals surface area (Å²) in [6, 6.07) is 11.5. The Hall–Kier alpha value is -2.49. The summed E-state index contributed by atoms with van der Waals surface area (Å²) in [5, 5.41) is 15.4. The van der Waals surface area contributed by atoms with Crippen LogP contribution in [-0.4, -0.2) is 41.2 Å². The number of nitrogens with one attached hydrogen (secondary N) is 1. The summed E-state index contributed by atoms with van der Waals surface area (Å²) in [6.07, 6.45) is 1.99. The standard InChI is InChI=1S/C24H35N5O2SSi/c1-18(2)25-24-26-21(16-32-24)15-31-28-23(20-10-8-7-9-11-20)22-19(3)14-29(27-22)17-30-12-13-33(4,5)6/h7-11,14,16,18H,12-13,15,17H2,1-6H3,(H,25,26)/b28-23-. The van der Waals surface area contributed by atoms with Crippen molar-refractivity contribution in [3.05, 3.63) is 64.4 Å². The zero-order chi connectivity index (χ0) is 23.8. The van der Waals surface area contributed by atoms with Crippen LogP contribution in [0.25, 0.3) is 0 Å². The van der Waals surface area contributed by atoms with Crippen LogP contribution in [0.15, 0.2) is 47.1 Å². The maximum atomic E-state index is 5.87. The lowest BCUT2D eigenvalue weighted by Gasteiger charge is -2.15. The van der Waals surface area contributed by atoms with Crippen molar-refractivity contribution >= 4 is 30.3 Å². The Bertz CT molecular complexity index is 1040. The predicted molar refractivity (Wildman–Crippen MR) is 139 cm³/mol. The molecule has 0 aliphatic rings. The molecule has 178 valence electrons. The SMILES string of the molecule is Cc1cn(COCC[Si](C)(C)C)nc1/C(=N\OCc1csc(NC(C)C)n1)c1ccccc1. The molecule has 9 heteroatoms. The number of ether oxygens (including phenoxy) is 1. The first-order valence-corrected chi connectivity index (χ1v) is 15.9. The van der Waals surface area contributed by atoms with Gasteiger partial charge in [0.2, 0.25) is 0 Å². The number of hydrogen-bond donors (Lipinski definition) is 1. The van der Waals surface area contributed by atoms with Gasteiger partial charge in [0.25, 0.3) is 0 Å². The summed E-state index contributed by atoms with van der Waals surface area (Å²) >= 11 is 1.57. The molecular formula is C24H35N5O2SSi. The van der Waals surface area contributed by atoms with Gasteiger partial charge in [-0.15, -0.1) is 11.3 Å². The van der Waals surface area contributed by atoms with E-state index in [0.717, 1.165) is 40.3 Å². The lowest BCUT2D eigenvalue weighted by molar-refractivity contribution is 0.0784. The topological polar surface area (TPSA) is 73.6 Å². The van der Waals surface area contributed by atoms with Crippen LogP contribution in [0.4, 0.5) is 5.13 Å². The monoisotopic (exact) mass is 485 g/mol. The van der Waals surface area contributed by atoms with Crippen molar-refractivity contribution in [2.75, 3.05) is 11.9 Å². The van der Waals surface area contributed by atoms with Gasteiger partial charge in [-0.05, 0) is 32.4 Å². The van der Waals surface area contributed by atoms with Gasteiger partial charge in [-0.1, -0.05) is 55.1 Å².